The Kier molecular flexibility index (Phi) is 3.13. The zero-order chi connectivity index (χ0) is 16.3. The fourth-order valence-corrected chi connectivity index (χ4v) is 4.52. The van der Waals surface area contributed by atoms with E-state index >= 15 is 0 Å². The minimum atomic E-state index is -0.167. The molecule has 116 valence electrons. The minimum Gasteiger partial charge on any atom is -0.113 e. The van der Waals surface area contributed by atoms with E-state index in [9.17, 15) is 0 Å². The average Bonchev–Trinajstić information content (AvgIpc) is 2.64. The number of benzene rings is 4. The van der Waals surface area contributed by atoms with Crippen LogP contribution in [0.15, 0.2) is 72.8 Å². The maximum absolute atomic E-state index is 6.89. The number of hydrogen-bond donors (Lipinski definition) is 0. The van der Waals surface area contributed by atoms with Crippen LogP contribution in [0, 0.1) is 0 Å². The molecule has 4 aromatic carbocycles. The number of alkyl halides is 2. The monoisotopic (exact) mass is 348 g/mol. The maximum atomic E-state index is 6.89. The van der Waals surface area contributed by atoms with E-state index in [1.807, 2.05) is 0 Å². The molecule has 0 saturated carbocycles. The summed E-state index contributed by atoms with van der Waals surface area (Å²) in [6, 6.07) is 25.5. The van der Waals surface area contributed by atoms with Gasteiger partial charge in [0.2, 0.25) is 0 Å². The second-order valence-corrected chi connectivity index (χ2v) is 7.25. The predicted octanol–water partition coefficient (Wildman–Crippen LogP) is 6.96. The highest BCUT2D eigenvalue weighted by molar-refractivity contribution is 6.27. The van der Waals surface area contributed by atoms with Gasteiger partial charge in [-0.25, -0.2) is 0 Å². The van der Waals surface area contributed by atoms with Crippen molar-refractivity contribution in [1.29, 1.82) is 0 Å². The first kappa shape index (κ1) is 14.3. The molecule has 1 aliphatic carbocycles. The smallest absolute Gasteiger partial charge is 0.0842 e. The topological polar surface area (TPSA) is 0 Å². The quantitative estimate of drug-likeness (QED) is 0.301. The van der Waals surface area contributed by atoms with E-state index in [1.165, 1.54) is 21.5 Å². The van der Waals surface area contributed by atoms with E-state index in [4.69, 9.17) is 23.2 Å². The van der Waals surface area contributed by atoms with Gasteiger partial charge in [-0.15, -0.1) is 23.2 Å². The standard InChI is InChI=1S/C22H14Cl2/c23-21-17-9-13-5-1-2-6-14(13)10-18(17)22(24)20-12-16-8-4-3-7-15(16)11-19(20)21/h1-12,21-22H. The summed E-state index contributed by atoms with van der Waals surface area (Å²) in [5.74, 6) is 0. The average molecular weight is 349 g/mol. The van der Waals surface area contributed by atoms with Crippen LogP contribution >= 0.6 is 23.2 Å². The molecular formula is C22H14Cl2. The third-order valence-corrected chi connectivity index (χ3v) is 5.94. The van der Waals surface area contributed by atoms with Crippen LogP contribution in [0.5, 0.6) is 0 Å². The van der Waals surface area contributed by atoms with Gasteiger partial charge in [-0.1, -0.05) is 48.5 Å². The third-order valence-electron chi connectivity index (χ3n) is 4.99. The molecule has 0 aliphatic heterocycles. The molecule has 0 N–H and O–H groups in total. The summed E-state index contributed by atoms with van der Waals surface area (Å²) in [4.78, 5) is 0. The molecule has 24 heavy (non-hydrogen) atoms. The number of fused-ring (bicyclic) bond motifs is 4. The van der Waals surface area contributed by atoms with Gasteiger partial charge in [-0.05, 0) is 68.1 Å². The van der Waals surface area contributed by atoms with Crippen molar-refractivity contribution in [3.8, 4) is 0 Å². The van der Waals surface area contributed by atoms with Gasteiger partial charge in [0.25, 0.3) is 0 Å². The van der Waals surface area contributed by atoms with Crippen LogP contribution in [0.3, 0.4) is 0 Å². The van der Waals surface area contributed by atoms with Gasteiger partial charge in [0.15, 0.2) is 0 Å². The van der Waals surface area contributed by atoms with Gasteiger partial charge >= 0.3 is 0 Å². The van der Waals surface area contributed by atoms with E-state index in [0.29, 0.717) is 0 Å². The summed E-state index contributed by atoms with van der Waals surface area (Å²) in [6.45, 7) is 0. The Bertz CT molecular complexity index is 923. The lowest BCUT2D eigenvalue weighted by Crippen LogP contribution is -2.12. The van der Waals surface area contributed by atoms with E-state index in [1.54, 1.807) is 0 Å². The molecule has 0 amide bonds. The summed E-state index contributed by atoms with van der Waals surface area (Å²) in [5.41, 5.74) is 4.49. The molecule has 0 nitrogen and oxygen atoms in total. The van der Waals surface area contributed by atoms with Crippen molar-refractivity contribution >= 4 is 44.7 Å². The molecule has 0 radical (unpaired) electrons. The highest BCUT2D eigenvalue weighted by Crippen LogP contribution is 2.49. The van der Waals surface area contributed by atoms with E-state index in [-0.39, 0.29) is 10.8 Å². The lowest BCUT2D eigenvalue weighted by atomic mass is 9.82. The second-order valence-electron chi connectivity index (χ2n) is 6.38. The fraction of sp³-hybridized carbons (Fsp3) is 0.0909. The Morgan fingerprint density at radius 3 is 0.958 bits per heavy atom. The van der Waals surface area contributed by atoms with Crippen LogP contribution in [0.2, 0.25) is 0 Å². The Balaban J connectivity index is 1.81. The molecule has 0 spiro atoms. The van der Waals surface area contributed by atoms with Crippen LogP contribution in [0.4, 0.5) is 0 Å². The SMILES string of the molecule is ClC1c2cc3ccccc3cc2C(Cl)c2cc3ccccc3cc21. The lowest BCUT2D eigenvalue weighted by molar-refractivity contribution is 0.963. The Labute approximate surface area is 150 Å². The Hall–Kier alpha value is -2.02. The van der Waals surface area contributed by atoms with Crippen LogP contribution in [-0.4, -0.2) is 0 Å². The van der Waals surface area contributed by atoms with Gasteiger partial charge in [-0.2, -0.15) is 0 Å². The second kappa shape index (κ2) is 5.24. The van der Waals surface area contributed by atoms with Crippen molar-refractivity contribution in [3.05, 3.63) is 95.1 Å². The molecule has 1 aliphatic rings. The number of halogens is 2. The van der Waals surface area contributed by atoms with Crippen molar-refractivity contribution in [2.45, 2.75) is 10.8 Å². The largest absolute Gasteiger partial charge is 0.113 e. The molecule has 0 aromatic heterocycles. The zero-order valence-electron chi connectivity index (χ0n) is 12.8. The molecule has 2 heteroatoms. The van der Waals surface area contributed by atoms with Crippen molar-refractivity contribution < 1.29 is 0 Å². The van der Waals surface area contributed by atoms with Gasteiger partial charge in [-0.3, -0.25) is 0 Å². The summed E-state index contributed by atoms with van der Waals surface area (Å²) >= 11 is 13.8. The fourth-order valence-electron chi connectivity index (χ4n) is 3.76. The summed E-state index contributed by atoms with van der Waals surface area (Å²) in [6.07, 6.45) is 0. The van der Waals surface area contributed by atoms with Gasteiger partial charge in [0, 0.05) is 0 Å². The summed E-state index contributed by atoms with van der Waals surface area (Å²) < 4.78 is 0. The molecule has 0 bridgehead atoms. The van der Waals surface area contributed by atoms with Crippen molar-refractivity contribution in [2.24, 2.45) is 0 Å². The molecule has 5 rings (SSSR count). The molecule has 0 unspecified atom stereocenters. The van der Waals surface area contributed by atoms with Crippen molar-refractivity contribution in [1.82, 2.24) is 0 Å². The van der Waals surface area contributed by atoms with Crippen LogP contribution in [0.1, 0.15) is 33.0 Å². The first-order chi connectivity index (χ1) is 11.7. The molecule has 0 saturated heterocycles. The highest BCUT2D eigenvalue weighted by Gasteiger charge is 2.30. The molecule has 4 aromatic rings. The van der Waals surface area contributed by atoms with E-state index < -0.39 is 0 Å². The normalized spacial score (nSPS) is 19.2. The van der Waals surface area contributed by atoms with E-state index in [0.717, 1.165) is 22.3 Å². The van der Waals surface area contributed by atoms with Crippen LogP contribution < -0.4 is 0 Å². The molecule has 0 atom stereocenters. The van der Waals surface area contributed by atoms with Crippen molar-refractivity contribution in [3.63, 3.8) is 0 Å². The third kappa shape index (κ3) is 2.00. The molecule has 0 fully saturated rings. The number of rotatable bonds is 0. The molecule has 0 heterocycles. The first-order valence-corrected chi connectivity index (χ1v) is 8.93. The zero-order valence-corrected chi connectivity index (χ0v) is 14.4. The van der Waals surface area contributed by atoms with Crippen LogP contribution in [0.25, 0.3) is 21.5 Å². The van der Waals surface area contributed by atoms with E-state index in [2.05, 4.69) is 72.8 Å². The Morgan fingerprint density at radius 2 is 0.708 bits per heavy atom. The van der Waals surface area contributed by atoms with Gasteiger partial charge in [0.1, 0.15) is 0 Å². The van der Waals surface area contributed by atoms with Crippen molar-refractivity contribution in [2.75, 3.05) is 0 Å². The summed E-state index contributed by atoms with van der Waals surface area (Å²) in [5, 5.41) is 4.48. The minimum absolute atomic E-state index is 0.167. The Morgan fingerprint density at radius 1 is 0.458 bits per heavy atom. The van der Waals surface area contributed by atoms with Crippen LogP contribution in [-0.2, 0) is 0 Å². The lowest BCUT2D eigenvalue weighted by Gasteiger charge is -2.29. The number of hydrogen-bond acceptors (Lipinski definition) is 0. The maximum Gasteiger partial charge on any atom is 0.0842 e. The molecular weight excluding hydrogens is 335 g/mol. The van der Waals surface area contributed by atoms with Gasteiger partial charge in [0.05, 0.1) is 10.8 Å². The highest BCUT2D eigenvalue weighted by atomic mass is 35.5. The predicted molar refractivity (Wildman–Crippen MR) is 103 cm³/mol. The summed E-state index contributed by atoms with van der Waals surface area (Å²) in [7, 11) is 0. The van der Waals surface area contributed by atoms with Gasteiger partial charge < -0.3 is 0 Å². The first-order valence-electron chi connectivity index (χ1n) is 8.06.